The van der Waals surface area contributed by atoms with Gasteiger partial charge in [-0.2, -0.15) is 0 Å². The standard InChI is InChI=1S/C20H21ClN4O2/c1-27-16-5-3-15(4-6-16)25-10-8-24(9-11-25)13-19-22-18-12-14(21)2-7-17(18)20(26)23-19/h2-7,12H,8-11,13H2,1H3,(H,22,23,26)/p+1. The first kappa shape index (κ1) is 17.8. The van der Waals surface area contributed by atoms with E-state index in [1.54, 1.807) is 25.3 Å². The Bertz CT molecular complexity index is 995. The van der Waals surface area contributed by atoms with E-state index in [1.165, 1.54) is 10.6 Å². The minimum atomic E-state index is -0.108. The van der Waals surface area contributed by atoms with Gasteiger partial charge in [0, 0.05) is 10.7 Å². The number of aromatic nitrogens is 2. The lowest BCUT2D eigenvalue weighted by Crippen LogP contribution is -3.13. The number of halogens is 1. The number of methoxy groups -OCH3 is 1. The number of aromatic amines is 1. The Morgan fingerprint density at radius 3 is 2.63 bits per heavy atom. The van der Waals surface area contributed by atoms with Crippen molar-refractivity contribution in [1.82, 2.24) is 9.97 Å². The smallest absolute Gasteiger partial charge is 0.258 e. The van der Waals surface area contributed by atoms with Gasteiger partial charge >= 0.3 is 0 Å². The Balaban J connectivity index is 1.43. The average Bonchev–Trinajstić information content (AvgIpc) is 2.68. The van der Waals surface area contributed by atoms with Crippen LogP contribution in [0.4, 0.5) is 5.69 Å². The summed E-state index contributed by atoms with van der Waals surface area (Å²) in [4.78, 5) is 23.6. The van der Waals surface area contributed by atoms with E-state index in [4.69, 9.17) is 16.3 Å². The number of H-pyrrole nitrogens is 1. The summed E-state index contributed by atoms with van der Waals surface area (Å²) in [6, 6.07) is 13.3. The lowest BCUT2D eigenvalue weighted by Gasteiger charge is -2.33. The van der Waals surface area contributed by atoms with Crippen LogP contribution in [0.25, 0.3) is 10.9 Å². The molecule has 1 fully saturated rings. The molecular formula is C20H22ClN4O2+. The van der Waals surface area contributed by atoms with Crippen molar-refractivity contribution >= 4 is 28.2 Å². The molecule has 0 radical (unpaired) electrons. The molecule has 2 N–H and O–H groups in total. The Morgan fingerprint density at radius 2 is 1.93 bits per heavy atom. The Kier molecular flexibility index (Phi) is 5.01. The molecule has 1 aromatic heterocycles. The van der Waals surface area contributed by atoms with Crippen LogP contribution in [0.15, 0.2) is 47.3 Å². The largest absolute Gasteiger partial charge is 0.497 e. The molecule has 2 heterocycles. The first-order valence-electron chi connectivity index (χ1n) is 9.03. The summed E-state index contributed by atoms with van der Waals surface area (Å²) < 4.78 is 5.22. The van der Waals surface area contributed by atoms with Crippen molar-refractivity contribution in [3.8, 4) is 5.75 Å². The maximum absolute atomic E-state index is 12.3. The number of fused-ring (bicyclic) bond motifs is 1. The predicted octanol–water partition coefficient (Wildman–Crippen LogP) is 1.49. The lowest BCUT2D eigenvalue weighted by atomic mass is 10.2. The molecular weight excluding hydrogens is 364 g/mol. The maximum atomic E-state index is 12.3. The molecule has 1 aliphatic heterocycles. The lowest BCUT2D eigenvalue weighted by molar-refractivity contribution is -0.915. The van der Waals surface area contributed by atoms with Crippen LogP contribution in [0, 0.1) is 0 Å². The van der Waals surface area contributed by atoms with Crippen molar-refractivity contribution in [1.29, 1.82) is 0 Å². The summed E-state index contributed by atoms with van der Waals surface area (Å²) in [6.45, 7) is 4.61. The zero-order valence-electron chi connectivity index (χ0n) is 15.2. The van der Waals surface area contributed by atoms with Crippen LogP contribution < -0.4 is 20.1 Å². The van der Waals surface area contributed by atoms with Gasteiger partial charge in [-0.1, -0.05) is 11.6 Å². The highest BCUT2D eigenvalue weighted by Crippen LogP contribution is 2.19. The number of anilines is 1. The van der Waals surface area contributed by atoms with Gasteiger partial charge in [-0.25, -0.2) is 4.98 Å². The third kappa shape index (κ3) is 3.91. The van der Waals surface area contributed by atoms with Crippen LogP contribution >= 0.6 is 11.6 Å². The molecule has 1 aliphatic rings. The molecule has 0 bridgehead atoms. The van der Waals surface area contributed by atoms with E-state index in [0.717, 1.165) is 31.9 Å². The van der Waals surface area contributed by atoms with E-state index in [2.05, 4.69) is 27.0 Å². The SMILES string of the molecule is COc1ccc(N2CC[NH+](Cc3nc4cc(Cl)ccc4c(=O)[nH]3)CC2)cc1. The fraction of sp³-hybridized carbons (Fsp3) is 0.300. The van der Waals surface area contributed by atoms with E-state index < -0.39 is 0 Å². The second-order valence-electron chi connectivity index (χ2n) is 6.79. The molecule has 7 heteroatoms. The fourth-order valence-electron chi connectivity index (χ4n) is 3.53. The second-order valence-corrected chi connectivity index (χ2v) is 7.22. The summed E-state index contributed by atoms with van der Waals surface area (Å²) in [5.74, 6) is 1.58. The minimum absolute atomic E-state index is 0.108. The molecule has 0 amide bonds. The Hall–Kier alpha value is -2.57. The third-order valence-corrected chi connectivity index (χ3v) is 5.28. The predicted molar refractivity (Wildman–Crippen MR) is 107 cm³/mol. The third-order valence-electron chi connectivity index (χ3n) is 5.04. The van der Waals surface area contributed by atoms with Crippen molar-refractivity contribution in [2.45, 2.75) is 6.54 Å². The first-order valence-corrected chi connectivity index (χ1v) is 9.41. The number of nitrogens with one attached hydrogen (secondary N) is 2. The van der Waals surface area contributed by atoms with Gasteiger partial charge in [-0.15, -0.1) is 0 Å². The first-order chi connectivity index (χ1) is 13.1. The number of rotatable bonds is 4. The van der Waals surface area contributed by atoms with E-state index in [9.17, 15) is 4.79 Å². The van der Waals surface area contributed by atoms with Gasteiger partial charge in [0.15, 0.2) is 5.82 Å². The summed E-state index contributed by atoms with van der Waals surface area (Å²) in [5, 5.41) is 1.16. The van der Waals surface area contributed by atoms with Crippen molar-refractivity contribution in [2.24, 2.45) is 0 Å². The van der Waals surface area contributed by atoms with E-state index in [0.29, 0.717) is 28.3 Å². The maximum Gasteiger partial charge on any atom is 0.258 e. The Morgan fingerprint density at radius 1 is 1.19 bits per heavy atom. The molecule has 0 aliphatic carbocycles. The van der Waals surface area contributed by atoms with Gasteiger partial charge in [0.25, 0.3) is 5.56 Å². The minimum Gasteiger partial charge on any atom is -0.497 e. The molecule has 0 unspecified atom stereocenters. The van der Waals surface area contributed by atoms with Gasteiger partial charge in [0.05, 0.1) is 44.2 Å². The molecule has 4 rings (SSSR count). The van der Waals surface area contributed by atoms with E-state index in [1.807, 2.05) is 12.1 Å². The zero-order valence-corrected chi connectivity index (χ0v) is 15.9. The number of hydrogen-bond donors (Lipinski definition) is 2. The van der Waals surface area contributed by atoms with Crippen LogP contribution in [-0.4, -0.2) is 43.3 Å². The van der Waals surface area contributed by atoms with Gasteiger partial charge < -0.3 is 19.5 Å². The van der Waals surface area contributed by atoms with Crippen molar-refractivity contribution in [3.63, 3.8) is 0 Å². The van der Waals surface area contributed by atoms with Crippen LogP contribution in [0.1, 0.15) is 5.82 Å². The number of benzene rings is 2. The molecule has 0 atom stereocenters. The normalized spacial score (nSPS) is 15.3. The molecule has 0 saturated carbocycles. The molecule has 6 nitrogen and oxygen atoms in total. The highest BCUT2D eigenvalue weighted by Gasteiger charge is 2.21. The van der Waals surface area contributed by atoms with Crippen LogP contribution in [0.2, 0.25) is 5.02 Å². The molecule has 140 valence electrons. The monoisotopic (exact) mass is 385 g/mol. The number of nitrogens with zero attached hydrogens (tertiary/aromatic N) is 2. The summed E-state index contributed by atoms with van der Waals surface area (Å²) in [5.41, 5.74) is 1.75. The van der Waals surface area contributed by atoms with Crippen molar-refractivity contribution in [3.05, 3.63) is 63.7 Å². The molecule has 0 spiro atoms. The summed E-state index contributed by atoms with van der Waals surface area (Å²) in [6.07, 6.45) is 0. The second kappa shape index (κ2) is 7.58. The van der Waals surface area contributed by atoms with Crippen molar-refractivity contribution in [2.75, 3.05) is 38.2 Å². The fourth-order valence-corrected chi connectivity index (χ4v) is 3.70. The van der Waals surface area contributed by atoms with E-state index >= 15 is 0 Å². The summed E-state index contributed by atoms with van der Waals surface area (Å²) in [7, 11) is 1.68. The highest BCUT2D eigenvalue weighted by atomic mass is 35.5. The average molecular weight is 386 g/mol. The summed E-state index contributed by atoms with van der Waals surface area (Å²) >= 11 is 6.04. The molecule has 3 aromatic rings. The van der Waals surface area contributed by atoms with Crippen LogP contribution in [0.5, 0.6) is 5.75 Å². The zero-order chi connectivity index (χ0) is 18.8. The number of ether oxygens (including phenoxy) is 1. The van der Waals surface area contributed by atoms with Crippen LogP contribution in [0.3, 0.4) is 0 Å². The number of hydrogen-bond acceptors (Lipinski definition) is 4. The van der Waals surface area contributed by atoms with Gasteiger partial charge in [-0.05, 0) is 42.5 Å². The van der Waals surface area contributed by atoms with Gasteiger partial charge in [0.1, 0.15) is 12.3 Å². The Labute approximate surface area is 162 Å². The topological polar surface area (TPSA) is 62.7 Å². The molecule has 1 saturated heterocycles. The number of piperazine rings is 1. The van der Waals surface area contributed by atoms with Gasteiger partial charge in [-0.3, -0.25) is 4.79 Å². The van der Waals surface area contributed by atoms with Crippen molar-refractivity contribution < 1.29 is 9.64 Å². The van der Waals surface area contributed by atoms with E-state index in [-0.39, 0.29) is 5.56 Å². The molecule has 2 aromatic carbocycles. The highest BCUT2D eigenvalue weighted by molar-refractivity contribution is 6.31. The molecule has 27 heavy (non-hydrogen) atoms. The quantitative estimate of drug-likeness (QED) is 0.714. The number of quaternary nitrogens is 1. The van der Waals surface area contributed by atoms with Gasteiger partial charge in [0.2, 0.25) is 0 Å². The van der Waals surface area contributed by atoms with Crippen LogP contribution in [-0.2, 0) is 6.54 Å².